The number of carbonyl (C=O) groups excluding carboxylic acids is 3. The molecule has 0 radical (unpaired) electrons. The van der Waals surface area contributed by atoms with Gasteiger partial charge in [0, 0.05) is 0 Å². The maximum Gasteiger partial charge on any atom is 0.241 e. The van der Waals surface area contributed by atoms with Gasteiger partial charge in [-0.15, -0.1) is 0 Å². The molecule has 252 valence electrons. The first-order chi connectivity index (χ1) is 22.7. The molecule has 0 heterocycles. The molecule has 13 heteroatoms. The number of Topliss-reactive ketones (excluding diaryl/α,β-unsaturated/α-hetero) is 3. The summed E-state index contributed by atoms with van der Waals surface area (Å²) in [6.07, 6.45) is -7.30. The molecule has 0 amide bonds. The van der Waals surface area contributed by atoms with E-state index >= 15 is 8.78 Å². The fourth-order valence-corrected chi connectivity index (χ4v) is 7.22. The number of halogens is 2. The molecule has 0 aromatic heterocycles. The van der Waals surface area contributed by atoms with Gasteiger partial charge in [0.1, 0.15) is 0 Å². The lowest BCUT2D eigenvalue weighted by Crippen LogP contribution is -2.52. The molecule has 48 heavy (non-hydrogen) atoms. The highest BCUT2D eigenvalue weighted by molar-refractivity contribution is 7.89. The van der Waals surface area contributed by atoms with Crippen molar-refractivity contribution in [3.63, 3.8) is 0 Å². The zero-order valence-corrected chi connectivity index (χ0v) is 27.7. The summed E-state index contributed by atoms with van der Waals surface area (Å²) < 4.78 is 88.1. The molecule has 9 nitrogen and oxygen atoms in total. The lowest BCUT2D eigenvalue weighted by molar-refractivity contribution is -0.142. The summed E-state index contributed by atoms with van der Waals surface area (Å²) in [4.78, 5) is 39.3. The topological polar surface area (TPSA) is 144 Å². The third-order valence-corrected chi connectivity index (χ3v) is 10.5. The molecule has 0 spiro atoms. The van der Waals surface area contributed by atoms with Crippen molar-refractivity contribution in [2.45, 2.75) is 60.9 Å². The van der Waals surface area contributed by atoms with E-state index in [0.29, 0.717) is 11.1 Å². The second-order valence-corrected chi connectivity index (χ2v) is 14.7. The number of aryl methyl sites for hydroxylation is 2. The van der Waals surface area contributed by atoms with Gasteiger partial charge in [0.2, 0.25) is 38.2 Å². The van der Waals surface area contributed by atoms with Crippen LogP contribution in [0.25, 0.3) is 0 Å². The normalized spacial score (nSPS) is 14.4. The molecule has 4 aromatic carbocycles. The number of hydrogen-bond acceptors (Lipinski definition) is 7. The quantitative estimate of drug-likeness (QED) is 0.168. The fourth-order valence-electron chi connectivity index (χ4n) is 4.81. The highest BCUT2D eigenvalue weighted by atomic mass is 32.2. The van der Waals surface area contributed by atoms with E-state index in [0.717, 1.165) is 11.1 Å². The van der Waals surface area contributed by atoms with Crippen molar-refractivity contribution in [2.24, 2.45) is 0 Å². The van der Waals surface area contributed by atoms with Gasteiger partial charge < -0.3 is 0 Å². The number of sulfonamides is 2. The Balaban J connectivity index is 1.60. The zero-order chi connectivity index (χ0) is 35.1. The third-order valence-electron chi connectivity index (χ3n) is 7.51. The molecule has 0 saturated heterocycles. The van der Waals surface area contributed by atoms with Crippen molar-refractivity contribution in [3.8, 4) is 0 Å². The van der Waals surface area contributed by atoms with E-state index in [9.17, 15) is 31.2 Å². The molecule has 2 N–H and O–H groups in total. The van der Waals surface area contributed by atoms with Crippen LogP contribution in [0.3, 0.4) is 0 Å². The number of nitrogens with one attached hydrogen (secondary N) is 2. The minimum atomic E-state index is -4.42. The van der Waals surface area contributed by atoms with Gasteiger partial charge in [-0.05, 0) is 62.1 Å². The van der Waals surface area contributed by atoms with E-state index in [4.69, 9.17) is 0 Å². The van der Waals surface area contributed by atoms with E-state index in [1.807, 2.05) is 0 Å². The van der Waals surface area contributed by atoms with Crippen LogP contribution in [0.15, 0.2) is 119 Å². The first-order valence-electron chi connectivity index (χ1n) is 14.8. The van der Waals surface area contributed by atoms with Crippen LogP contribution in [0.4, 0.5) is 8.78 Å². The maximum absolute atomic E-state index is 15.7. The monoisotopic (exact) mass is 696 g/mol. The summed E-state index contributed by atoms with van der Waals surface area (Å²) in [5.74, 6) is -5.31. The number of alkyl halides is 2. The Morgan fingerprint density at radius 1 is 0.521 bits per heavy atom. The Morgan fingerprint density at radius 2 is 0.833 bits per heavy atom. The molecule has 4 aromatic rings. The van der Waals surface area contributed by atoms with Crippen molar-refractivity contribution in [1.29, 1.82) is 0 Å². The number of carbonyl (C=O) groups is 3. The van der Waals surface area contributed by atoms with E-state index in [1.165, 1.54) is 48.5 Å². The summed E-state index contributed by atoms with van der Waals surface area (Å²) in [6, 6.07) is 23.4. The standard InChI is InChI=1S/C35H34F2N2O7S2/c1-23-13-17-27(18-14-23)47(43,44)38-29(21-25-9-5-3-6-10-25)33(40)31(36)35(42)32(37)34(41)30(22-26-11-7-4-8-12-26)39-48(45,46)28-19-15-24(2)16-20-28/h3-20,29-32,38-39H,21-22H2,1-2H3/t29-,30-,31?,32?/m0/s1. The molecule has 0 saturated carbocycles. The molecule has 0 aliphatic carbocycles. The van der Waals surface area contributed by atoms with Crippen LogP contribution < -0.4 is 9.44 Å². The van der Waals surface area contributed by atoms with E-state index < -0.39 is 74.7 Å². The van der Waals surface area contributed by atoms with Gasteiger partial charge in [0.05, 0.1) is 21.9 Å². The highest BCUT2D eigenvalue weighted by Gasteiger charge is 2.43. The zero-order valence-electron chi connectivity index (χ0n) is 26.0. The van der Waals surface area contributed by atoms with Gasteiger partial charge in [-0.1, -0.05) is 96.1 Å². The minimum Gasteiger partial charge on any atom is -0.294 e. The van der Waals surface area contributed by atoms with Crippen LogP contribution in [-0.2, 0) is 47.3 Å². The molecule has 4 rings (SSSR count). The van der Waals surface area contributed by atoms with Crippen LogP contribution in [0.5, 0.6) is 0 Å². The van der Waals surface area contributed by atoms with Crippen LogP contribution in [0.2, 0.25) is 0 Å². The Labute approximate surface area is 278 Å². The molecule has 0 aliphatic rings. The number of benzene rings is 4. The maximum atomic E-state index is 15.7. The van der Waals surface area contributed by atoms with Crippen molar-refractivity contribution >= 4 is 37.4 Å². The SMILES string of the molecule is Cc1ccc(S(=O)(=O)N[C@@H](Cc2ccccc2)C(=O)C(F)C(=O)C(F)C(=O)[C@H](Cc2ccccc2)NS(=O)(=O)c2ccc(C)cc2)cc1. The van der Waals surface area contributed by atoms with Crippen LogP contribution in [0, 0.1) is 13.8 Å². The predicted octanol–water partition coefficient (Wildman–Crippen LogP) is 4.17. The Hall–Kier alpha value is -4.43. The lowest BCUT2D eigenvalue weighted by atomic mass is 9.94. The van der Waals surface area contributed by atoms with E-state index in [-0.39, 0.29) is 9.79 Å². The van der Waals surface area contributed by atoms with E-state index in [2.05, 4.69) is 9.44 Å². The molecule has 0 fully saturated rings. The average Bonchev–Trinajstić information content (AvgIpc) is 3.07. The summed E-state index contributed by atoms with van der Waals surface area (Å²) in [7, 11) is -8.84. The van der Waals surface area contributed by atoms with E-state index in [1.54, 1.807) is 74.5 Å². The second kappa shape index (κ2) is 15.6. The first kappa shape index (κ1) is 36.4. The number of rotatable bonds is 16. The molecule has 4 atom stereocenters. The van der Waals surface area contributed by atoms with Crippen molar-refractivity contribution in [2.75, 3.05) is 0 Å². The van der Waals surface area contributed by atoms with Gasteiger partial charge in [0.25, 0.3) is 0 Å². The Kier molecular flexibility index (Phi) is 11.9. The Morgan fingerprint density at radius 3 is 1.15 bits per heavy atom. The summed E-state index contributed by atoms with van der Waals surface area (Å²) in [5.41, 5.74) is 2.32. The number of hydrogen-bond donors (Lipinski definition) is 2. The third kappa shape index (κ3) is 9.34. The summed E-state index contributed by atoms with van der Waals surface area (Å²) in [6.45, 7) is 3.47. The van der Waals surface area contributed by atoms with Gasteiger partial charge in [-0.2, -0.15) is 0 Å². The molecule has 0 aliphatic heterocycles. The van der Waals surface area contributed by atoms with Gasteiger partial charge >= 0.3 is 0 Å². The van der Waals surface area contributed by atoms with Gasteiger partial charge in [-0.3, -0.25) is 14.4 Å². The van der Waals surface area contributed by atoms with Crippen LogP contribution in [0.1, 0.15) is 22.3 Å². The molecular formula is C35H34F2N2O7S2. The number of ketones is 3. The van der Waals surface area contributed by atoms with Gasteiger partial charge in [0.15, 0.2) is 11.6 Å². The predicted molar refractivity (Wildman–Crippen MR) is 176 cm³/mol. The van der Waals surface area contributed by atoms with Crippen molar-refractivity contribution in [3.05, 3.63) is 131 Å². The van der Waals surface area contributed by atoms with Gasteiger partial charge in [-0.25, -0.2) is 35.1 Å². The molecular weight excluding hydrogens is 663 g/mol. The largest absolute Gasteiger partial charge is 0.294 e. The molecule has 2 unspecified atom stereocenters. The van der Waals surface area contributed by atoms with Crippen LogP contribution in [-0.4, -0.2) is 58.6 Å². The second-order valence-electron chi connectivity index (χ2n) is 11.3. The van der Waals surface area contributed by atoms with Crippen molar-refractivity contribution < 1.29 is 40.0 Å². The Bertz CT molecular complexity index is 1810. The minimum absolute atomic E-state index is 0.233. The lowest BCUT2D eigenvalue weighted by Gasteiger charge is -2.22. The first-order valence-corrected chi connectivity index (χ1v) is 17.8. The van der Waals surface area contributed by atoms with Crippen molar-refractivity contribution in [1.82, 2.24) is 9.44 Å². The van der Waals surface area contributed by atoms with Crippen LogP contribution >= 0.6 is 0 Å². The summed E-state index contributed by atoms with van der Waals surface area (Å²) >= 11 is 0. The molecule has 0 bridgehead atoms. The highest BCUT2D eigenvalue weighted by Crippen LogP contribution is 2.18. The average molecular weight is 697 g/mol. The smallest absolute Gasteiger partial charge is 0.241 e. The summed E-state index contributed by atoms with van der Waals surface area (Å²) in [5, 5.41) is 0. The fraction of sp³-hybridized carbons (Fsp3) is 0.229.